The number of amides is 1. The smallest absolute Gasteiger partial charge is 0.326 e. The van der Waals surface area contributed by atoms with Gasteiger partial charge in [0.05, 0.1) is 6.04 Å². The fraction of sp³-hybridized carbons (Fsp3) is 0.333. The van der Waals surface area contributed by atoms with Crippen LogP contribution in [0.2, 0.25) is 10.0 Å². The third-order valence-electron chi connectivity index (χ3n) is 5.29. The van der Waals surface area contributed by atoms with Crippen LogP contribution in [0, 0.1) is 5.92 Å². The standard InChI is InChI=1S/C21H19Cl2NO4/c22-15-7-3-12(4-8-15)18-20(14-5-9-16(23)10-6-14)28-11-17(25)24(18)19(21(26)27)13-1-2-13/h3-10,13,18-20H,1-2,11H2,(H,26,27)/t18-,19?,20+/m1/s1. The summed E-state index contributed by atoms with van der Waals surface area (Å²) in [6.07, 6.45) is 1.11. The van der Waals surface area contributed by atoms with Gasteiger partial charge in [-0.15, -0.1) is 0 Å². The number of carbonyl (C=O) groups is 2. The molecule has 5 nitrogen and oxygen atoms in total. The van der Waals surface area contributed by atoms with Crippen molar-refractivity contribution in [3.8, 4) is 0 Å². The predicted octanol–water partition coefficient (Wildman–Crippen LogP) is 4.50. The van der Waals surface area contributed by atoms with Gasteiger partial charge in [-0.1, -0.05) is 47.5 Å². The second kappa shape index (κ2) is 7.74. The van der Waals surface area contributed by atoms with E-state index in [2.05, 4.69) is 0 Å². The Kier molecular flexibility index (Phi) is 5.32. The van der Waals surface area contributed by atoms with Crippen LogP contribution in [0.4, 0.5) is 0 Å². The largest absolute Gasteiger partial charge is 0.480 e. The average Bonchev–Trinajstić information content (AvgIpc) is 3.49. The number of rotatable bonds is 5. The van der Waals surface area contributed by atoms with E-state index >= 15 is 0 Å². The molecular weight excluding hydrogens is 401 g/mol. The van der Waals surface area contributed by atoms with Crippen molar-refractivity contribution in [2.45, 2.75) is 31.0 Å². The van der Waals surface area contributed by atoms with E-state index in [9.17, 15) is 14.7 Å². The number of carbonyl (C=O) groups excluding carboxylic acids is 1. The second-order valence-corrected chi connectivity index (χ2v) is 8.07. The Balaban J connectivity index is 1.81. The molecule has 146 valence electrons. The predicted molar refractivity (Wildman–Crippen MR) is 105 cm³/mol. The molecule has 1 heterocycles. The van der Waals surface area contributed by atoms with E-state index in [1.165, 1.54) is 4.90 Å². The lowest BCUT2D eigenvalue weighted by Gasteiger charge is -2.44. The molecule has 1 amide bonds. The lowest BCUT2D eigenvalue weighted by atomic mass is 9.90. The van der Waals surface area contributed by atoms with Gasteiger partial charge >= 0.3 is 5.97 Å². The molecule has 28 heavy (non-hydrogen) atoms. The number of hydrogen-bond donors (Lipinski definition) is 1. The SMILES string of the molecule is O=C(O)C(C1CC1)N1C(=O)CO[C@@H](c2ccc(Cl)cc2)[C@H]1c1ccc(Cl)cc1. The fourth-order valence-electron chi connectivity index (χ4n) is 3.84. The lowest BCUT2D eigenvalue weighted by molar-refractivity contribution is -0.172. The summed E-state index contributed by atoms with van der Waals surface area (Å²) >= 11 is 12.1. The normalized spacial score (nSPS) is 23.5. The van der Waals surface area contributed by atoms with Crippen LogP contribution in [0.3, 0.4) is 0 Å². The van der Waals surface area contributed by atoms with Crippen LogP contribution in [-0.4, -0.2) is 34.5 Å². The number of nitrogens with zero attached hydrogens (tertiary/aromatic N) is 1. The molecule has 1 N–H and O–H groups in total. The van der Waals surface area contributed by atoms with Gasteiger partial charge in [-0.2, -0.15) is 0 Å². The molecule has 2 aromatic carbocycles. The molecule has 1 saturated heterocycles. The molecule has 1 unspecified atom stereocenters. The van der Waals surface area contributed by atoms with Crippen molar-refractivity contribution in [1.82, 2.24) is 4.90 Å². The van der Waals surface area contributed by atoms with Crippen molar-refractivity contribution in [3.63, 3.8) is 0 Å². The molecule has 0 spiro atoms. The Bertz CT molecular complexity index is 880. The minimum atomic E-state index is -0.980. The highest BCUT2D eigenvalue weighted by atomic mass is 35.5. The minimum absolute atomic E-state index is 0.0276. The highest BCUT2D eigenvalue weighted by Gasteiger charge is 2.49. The number of carboxylic acid groups (broad SMARTS) is 1. The average molecular weight is 420 g/mol. The van der Waals surface area contributed by atoms with Gasteiger partial charge in [0.25, 0.3) is 0 Å². The molecule has 0 aromatic heterocycles. The maximum absolute atomic E-state index is 12.8. The van der Waals surface area contributed by atoms with Crippen LogP contribution in [0.25, 0.3) is 0 Å². The first kappa shape index (κ1) is 19.2. The summed E-state index contributed by atoms with van der Waals surface area (Å²) in [6.45, 7) is -0.159. The summed E-state index contributed by atoms with van der Waals surface area (Å²) < 4.78 is 5.91. The highest BCUT2D eigenvalue weighted by molar-refractivity contribution is 6.30. The summed E-state index contributed by atoms with van der Waals surface area (Å²) in [4.78, 5) is 26.4. The molecule has 2 fully saturated rings. The van der Waals surface area contributed by atoms with E-state index < -0.39 is 24.2 Å². The fourth-order valence-corrected chi connectivity index (χ4v) is 4.09. The number of hydrogen-bond acceptors (Lipinski definition) is 3. The molecule has 0 bridgehead atoms. The number of halogens is 2. The van der Waals surface area contributed by atoms with E-state index in [0.717, 1.165) is 24.0 Å². The maximum Gasteiger partial charge on any atom is 0.326 e. The van der Waals surface area contributed by atoms with Crippen LogP contribution < -0.4 is 0 Å². The van der Waals surface area contributed by atoms with Crippen molar-refractivity contribution in [1.29, 1.82) is 0 Å². The molecule has 1 aliphatic heterocycles. The topological polar surface area (TPSA) is 66.8 Å². The Morgan fingerprint density at radius 3 is 2.04 bits per heavy atom. The highest BCUT2D eigenvalue weighted by Crippen LogP contribution is 2.46. The first-order chi connectivity index (χ1) is 13.5. The van der Waals surface area contributed by atoms with E-state index in [0.29, 0.717) is 10.0 Å². The molecule has 0 radical (unpaired) electrons. The third kappa shape index (κ3) is 3.75. The Morgan fingerprint density at radius 2 is 1.54 bits per heavy atom. The molecule has 1 saturated carbocycles. The van der Waals surface area contributed by atoms with Crippen LogP contribution in [0.1, 0.15) is 36.1 Å². The number of morpholine rings is 1. The molecule has 3 atom stereocenters. The number of ether oxygens (including phenoxy) is 1. The lowest BCUT2D eigenvalue weighted by Crippen LogP contribution is -2.54. The van der Waals surface area contributed by atoms with Gasteiger partial charge in [0, 0.05) is 10.0 Å². The Hall–Kier alpha value is -2.08. The van der Waals surface area contributed by atoms with Gasteiger partial charge in [0.15, 0.2) is 0 Å². The third-order valence-corrected chi connectivity index (χ3v) is 5.80. The minimum Gasteiger partial charge on any atom is -0.480 e. The first-order valence-electron chi connectivity index (χ1n) is 9.12. The molecule has 2 aromatic rings. The van der Waals surface area contributed by atoms with Crippen molar-refractivity contribution in [2.75, 3.05) is 6.61 Å². The van der Waals surface area contributed by atoms with E-state index in [1.807, 2.05) is 24.3 Å². The molecule has 2 aliphatic rings. The summed E-state index contributed by atoms with van der Waals surface area (Å²) in [7, 11) is 0. The molecule has 1 aliphatic carbocycles. The number of carboxylic acids is 1. The van der Waals surface area contributed by atoms with Crippen molar-refractivity contribution >= 4 is 35.1 Å². The van der Waals surface area contributed by atoms with Gasteiger partial charge in [0.2, 0.25) is 5.91 Å². The van der Waals surface area contributed by atoms with Crippen molar-refractivity contribution < 1.29 is 19.4 Å². The molecular formula is C21H19Cl2NO4. The zero-order chi connectivity index (χ0) is 19.8. The van der Waals surface area contributed by atoms with Crippen molar-refractivity contribution in [2.24, 2.45) is 5.92 Å². The first-order valence-corrected chi connectivity index (χ1v) is 9.88. The summed E-state index contributed by atoms with van der Waals surface area (Å²) in [5.74, 6) is -1.32. The van der Waals surface area contributed by atoms with Crippen LogP contribution in [-0.2, 0) is 14.3 Å². The van der Waals surface area contributed by atoms with Gasteiger partial charge < -0.3 is 14.7 Å². The van der Waals surface area contributed by atoms with Crippen LogP contribution in [0.15, 0.2) is 48.5 Å². The van der Waals surface area contributed by atoms with Crippen LogP contribution in [0.5, 0.6) is 0 Å². The van der Waals surface area contributed by atoms with E-state index in [4.69, 9.17) is 27.9 Å². The summed E-state index contributed by atoms with van der Waals surface area (Å²) in [6, 6.07) is 12.9. The van der Waals surface area contributed by atoms with E-state index in [1.54, 1.807) is 24.3 Å². The zero-order valence-electron chi connectivity index (χ0n) is 14.9. The second-order valence-electron chi connectivity index (χ2n) is 7.20. The number of benzene rings is 2. The van der Waals surface area contributed by atoms with E-state index in [-0.39, 0.29) is 18.4 Å². The van der Waals surface area contributed by atoms with Gasteiger partial charge in [0.1, 0.15) is 18.8 Å². The Labute approximate surface area is 172 Å². The molecule has 7 heteroatoms. The summed E-state index contributed by atoms with van der Waals surface area (Å²) in [5.41, 5.74) is 1.62. The Morgan fingerprint density at radius 1 is 1.00 bits per heavy atom. The zero-order valence-corrected chi connectivity index (χ0v) is 16.4. The molecule has 4 rings (SSSR count). The monoisotopic (exact) mass is 419 g/mol. The maximum atomic E-state index is 12.8. The van der Waals surface area contributed by atoms with Crippen LogP contribution >= 0.6 is 23.2 Å². The quantitative estimate of drug-likeness (QED) is 0.774. The van der Waals surface area contributed by atoms with Gasteiger partial charge in [-0.25, -0.2) is 4.79 Å². The van der Waals surface area contributed by atoms with Crippen molar-refractivity contribution in [3.05, 3.63) is 69.7 Å². The van der Waals surface area contributed by atoms with Gasteiger partial charge in [-0.05, 0) is 54.2 Å². The summed E-state index contributed by atoms with van der Waals surface area (Å²) in [5, 5.41) is 11.0. The number of aliphatic carboxylic acids is 1. The van der Waals surface area contributed by atoms with Gasteiger partial charge in [-0.3, -0.25) is 4.79 Å².